The fourth-order valence-electron chi connectivity index (χ4n) is 3.12. The van der Waals surface area contributed by atoms with Gasteiger partial charge in [0.05, 0.1) is 32.2 Å². The van der Waals surface area contributed by atoms with Crippen LogP contribution in [0.4, 0.5) is 0 Å². The van der Waals surface area contributed by atoms with E-state index >= 15 is 0 Å². The molecule has 0 bridgehead atoms. The Kier molecular flexibility index (Phi) is 4.91. The third-order valence-electron chi connectivity index (χ3n) is 4.36. The first-order chi connectivity index (χ1) is 12.3. The molecule has 1 aliphatic rings. The van der Waals surface area contributed by atoms with Crippen LogP contribution in [0.25, 0.3) is 0 Å². The van der Waals surface area contributed by atoms with Crippen LogP contribution in [-0.2, 0) is 10.0 Å². The van der Waals surface area contributed by atoms with Gasteiger partial charge in [0.1, 0.15) is 11.5 Å². The molecule has 0 aromatic heterocycles. The second-order valence-corrected chi connectivity index (χ2v) is 8.12. The van der Waals surface area contributed by atoms with Crippen LogP contribution in [0.3, 0.4) is 0 Å². The summed E-state index contributed by atoms with van der Waals surface area (Å²) in [7, 11) is -0.401. The number of hydrogen-bond acceptors (Lipinski definition) is 5. The lowest BCUT2D eigenvalue weighted by Crippen LogP contribution is -2.26. The van der Waals surface area contributed by atoms with E-state index in [1.54, 1.807) is 26.4 Å². The third kappa shape index (κ3) is 3.53. The topological polar surface area (TPSA) is 68.2 Å². The number of aryl methyl sites for hydroxylation is 1. The SMILES string of the molecule is COc1ccc([C@H]2CC(c3cccc(C)c3)=NN2S(C)(=O)=O)c(OC)c1. The Morgan fingerprint density at radius 3 is 2.50 bits per heavy atom. The summed E-state index contributed by atoms with van der Waals surface area (Å²) in [5.41, 5.74) is 3.52. The molecule has 2 aromatic rings. The highest BCUT2D eigenvalue weighted by Crippen LogP contribution is 2.40. The fraction of sp³-hybridized carbons (Fsp3) is 0.316. The van der Waals surface area contributed by atoms with E-state index in [1.807, 2.05) is 37.3 Å². The van der Waals surface area contributed by atoms with Gasteiger partial charge in [-0.25, -0.2) is 8.42 Å². The van der Waals surface area contributed by atoms with Gasteiger partial charge in [0.25, 0.3) is 0 Å². The summed E-state index contributed by atoms with van der Waals surface area (Å²) in [6.07, 6.45) is 1.64. The summed E-state index contributed by atoms with van der Waals surface area (Å²) in [6.45, 7) is 2.00. The van der Waals surface area contributed by atoms with Crippen LogP contribution in [0.2, 0.25) is 0 Å². The maximum Gasteiger partial charge on any atom is 0.247 e. The first-order valence-electron chi connectivity index (χ1n) is 8.19. The van der Waals surface area contributed by atoms with Crippen molar-refractivity contribution in [1.82, 2.24) is 4.41 Å². The van der Waals surface area contributed by atoms with Gasteiger partial charge < -0.3 is 9.47 Å². The van der Waals surface area contributed by atoms with E-state index in [9.17, 15) is 8.42 Å². The summed E-state index contributed by atoms with van der Waals surface area (Å²) in [5, 5.41) is 4.42. The molecule has 0 spiro atoms. The van der Waals surface area contributed by atoms with Crippen molar-refractivity contribution in [1.29, 1.82) is 0 Å². The molecular formula is C19H22N2O4S. The van der Waals surface area contributed by atoms with Crippen LogP contribution in [0.5, 0.6) is 11.5 Å². The van der Waals surface area contributed by atoms with Crippen molar-refractivity contribution < 1.29 is 17.9 Å². The maximum atomic E-state index is 12.3. The lowest BCUT2D eigenvalue weighted by atomic mass is 9.97. The summed E-state index contributed by atoms with van der Waals surface area (Å²) < 4.78 is 36.6. The molecule has 0 radical (unpaired) electrons. The number of hydrazone groups is 1. The largest absolute Gasteiger partial charge is 0.497 e. The molecule has 2 aromatic carbocycles. The zero-order valence-electron chi connectivity index (χ0n) is 15.3. The Morgan fingerprint density at radius 1 is 1.12 bits per heavy atom. The van der Waals surface area contributed by atoms with E-state index in [2.05, 4.69) is 5.10 Å². The summed E-state index contributed by atoms with van der Waals surface area (Å²) in [5.74, 6) is 1.22. The van der Waals surface area contributed by atoms with Crippen molar-refractivity contribution in [3.63, 3.8) is 0 Å². The lowest BCUT2D eigenvalue weighted by Gasteiger charge is -2.23. The lowest BCUT2D eigenvalue weighted by molar-refractivity contribution is 0.348. The Labute approximate surface area is 154 Å². The molecule has 26 heavy (non-hydrogen) atoms. The number of rotatable bonds is 5. The van der Waals surface area contributed by atoms with Gasteiger partial charge in [0, 0.05) is 18.1 Å². The zero-order valence-corrected chi connectivity index (χ0v) is 16.1. The Morgan fingerprint density at radius 2 is 1.88 bits per heavy atom. The van der Waals surface area contributed by atoms with Crippen molar-refractivity contribution in [2.24, 2.45) is 5.10 Å². The van der Waals surface area contributed by atoms with Crippen LogP contribution in [0, 0.1) is 6.92 Å². The number of nitrogens with zero attached hydrogens (tertiary/aromatic N) is 2. The number of sulfonamides is 1. The van der Waals surface area contributed by atoms with Gasteiger partial charge >= 0.3 is 0 Å². The molecule has 1 heterocycles. The first-order valence-corrected chi connectivity index (χ1v) is 10.0. The molecular weight excluding hydrogens is 352 g/mol. The van der Waals surface area contributed by atoms with Crippen LogP contribution in [0.1, 0.15) is 29.2 Å². The molecule has 1 aliphatic heterocycles. The first kappa shape index (κ1) is 18.3. The van der Waals surface area contributed by atoms with E-state index in [-0.39, 0.29) is 0 Å². The van der Waals surface area contributed by atoms with E-state index in [4.69, 9.17) is 9.47 Å². The number of hydrogen-bond donors (Lipinski definition) is 0. The van der Waals surface area contributed by atoms with E-state index < -0.39 is 16.1 Å². The molecule has 0 fully saturated rings. The van der Waals surface area contributed by atoms with Crippen molar-refractivity contribution in [3.05, 3.63) is 59.2 Å². The predicted octanol–water partition coefficient (Wildman–Crippen LogP) is 3.12. The Hall–Kier alpha value is -2.54. The number of benzene rings is 2. The molecule has 1 atom stereocenters. The molecule has 0 N–H and O–H groups in total. The molecule has 138 valence electrons. The highest BCUT2D eigenvalue weighted by atomic mass is 32.2. The second-order valence-electron chi connectivity index (χ2n) is 6.28. The molecule has 6 nitrogen and oxygen atoms in total. The fourth-order valence-corrected chi connectivity index (χ4v) is 4.02. The molecule has 0 amide bonds. The predicted molar refractivity (Wildman–Crippen MR) is 101 cm³/mol. The minimum absolute atomic E-state index is 0.457. The molecule has 0 saturated heterocycles. The van der Waals surface area contributed by atoms with Crippen LogP contribution >= 0.6 is 0 Å². The number of ether oxygens (including phenoxy) is 2. The van der Waals surface area contributed by atoms with Crippen LogP contribution < -0.4 is 9.47 Å². The van der Waals surface area contributed by atoms with E-state index in [0.717, 1.165) is 22.4 Å². The average Bonchev–Trinajstić information content (AvgIpc) is 3.06. The van der Waals surface area contributed by atoms with Gasteiger partial charge in [0.15, 0.2) is 0 Å². The van der Waals surface area contributed by atoms with Crippen LogP contribution in [0.15, 0.2) is 47.6 Å². The van der Waals surface area contributed by atoms with E-state index in [0.29, 0.717) is 17.9 Å². The summed E-state index contributed by atoms with van der Waals surface area (Å²) in [6, 6.07) is 12.8. The van der Waals surface area contributed by atoms with Gasteiger partial charge in [-0.2, -0.15) is 9.52 Å². The third-order valence-corrected chi connectivity index (χ3v) is 5.38. The number of methoxy groups -OCH3 is 2. The molecule has 7 heteroatoms. The molecule has 0 unspecified atom stereocenters. The van der Waals surface area contributed by atoms with Crippen molar-refractivity contribution >= 4 is 15.7 Å². The summed E-state index contributed by atoms with van der Waals surface area (Å²) >= 11 is 0. The standard InChI is InChI=1S/C19H22N2O4S/c1-13-6-5-7-14(10-13)17-12-18(21(20-17)26(4,22)23)16-9-8-15(24-2)11-19(16)25-3/h5-11,18H,12H2,1-4H3/t18-/m1/s1. The quantitative estimate of drug-likeness (QED) is 0.806. The van der Waals surface area contributed by atoms with E-state index in [1.165, 1.54) is 10.7 Å². The normalized spacial score (nSPS) is 17.2. The van der Waals surface area contributed by atoms with Crippen molar-refractivity contribution in [3.8, 4) is 11.5 Å². The zero-order chi connectivity index (χ0) is 18.9. The summed E-state index contributed by atoms with van der Waals surface area (Å²) in [4.78, 5) is 0. The smallest absolute Gasteiger partial charge is 0.247 e. The minimum Gasteiger partial charge on any atom is -0.497 e. The Balaban J connectivity index is 2.05. The molecule has 0 saturated carbocycles. The van der Waals surface area contributed by atoms with Gasteiger partial charge in [-0.15, -0.1) is 0 Å². The minimum atomic E-state index is -3.53. The van der Waals surface area contributed by atoms with Gasteiger partial charge in [0.2, 0.25) is 10.0 Å². The Bertz CT molecular complexity index is 954. The van der Waals surface area contributed by atoms with Crippen LogP contribution in [-0.4, -0.2) is 39.0 Å². The van der Waals surface area contributed by atoms with Gasteiger partial charge in [-0.3, -0.25) is 0 Å². The molecule has 0 aliphatic carbocycles. The second kappa shape index (κ2) is 6.99. The van der Waals surface area contributed by atoms with Crippen molar-refractivity contribution in [2.75, 3.05) is 20.5 Å². The van der Waals surface area contributed by atoms with Gasteiger partial charge in [-0.05, 0) is 24.6 Å². The monoisotopic (exact) mass is 374 g/mol. The highest BCUT2D eigenvalue weighted by molar-refractivity contribution is 7.88. The molecule has 3 rings (SSSR count). The van der Waals surface area contributed by atoms with Crippen molar-refractivity contribution in [2.45, 2.75) is 19.4 Å². The average molecular weight is 374 g/mol. The highest BCUT2D eigenvalue weighted by Gasteiger charge is 2.36. The van der Waals surface area contributed by atoms with Gasteiger partial charge in [-0.1, -0.05) is 29.8 Å². The maximum absolute atomic E-state index is 12.3.